The summed E-state index contributed by atoms with van der Waals surface area (Å²) >= 11 is 0. The van der Waals surface area contributed by atoms with Gasteiger partial charge in [-0.05, 0) is 30.9 Å². The van der Waals surface area contributed by atoms with Gasteiger partial charge in [0.25, 0.3) is 0 Å². The number of aliphatic hydroxyl groups excluding tert-OH is 1. The monoisotopic (exact) mass is 341 g/mol. The van der Waals surface area contributed by atoms with E-state index in [0.717, 1.165) is 16.4 Å². The minimum Gasteiger partial charge on any atom is -0.383 e. The van der Waals surface area contributed by atoms with Crippen LogP contribution in [0.5, 0.6) is 0 Å². The minimum absolute atomic E-state index is 0.131. The highest BCUT2D eigenvalue weighted by Gasteiger charge is 2.45. The van der Waals surface area contributed by atoms with Gasteiger partial charge in [0.05, 0.1) is 0 Å². The summed E-state index contributed by atoms with van der Waals surface area (Å²) < 4.78 is 76.5. The fourth-order valence-corrected chi connectivity index (χ4v) is 4.03. The zero-order valence-electron chi connectivity index (χ0n) is 11.4. The first kappa shape index (κ1) is 17.2. The number of piperidine rings is 1. The molecule has 0 saturated carbocycles. The van der Waals surface area contributed by atoms with Crippen molar-refractivity contribution >= 4 is 10.0 Å². The average Bonchev–Trinajstić information content (AvgIpc) is 2.46. The summed E-state index contributed by atoms with van der Waals surface area (Å²) in [5.41, 5.74) is 0. The van der Waals surface area contributed by atoms with E-state index >= 15 is 0 Å². The number of aliphatic hydroxyl groups is 1. The number of hydrogen-bond donors (Lipinski definition) is 1. The molecule has 0 aromatic heterocycles. The van der Waals surface area contributed by atoms with Crippen LogP contribution in [0.4, 0.5) is 17.6 Å². The highest BCUT2D eigenvalue weighted by Crippen LogP contribution is 2.33. The third kappa shape index (κ3) is 3.41. The Morgan fingerprint density at radius 2 is 1.73 bits per heavy atom. The molecule has 124 valence electrons. The third-order valence-corrected chi connectivity index (χ3v) is 5.67. The van der Waals surface area contributed by atoms with E-state index in [1.165, 1.54) is 12.1 Å². The number of rotatable bonds is 3. The second-order valence-electron chi connectivity index (χ2n) is 5.16. The second-order valence-corrected chi connectivity index (χ2v) is 7.06. The molecule has 1 aromatic rings. The van der Waals surface area contributed by atoms with Crippen molar-refractivity contribution in [3.05, 3.63) is 30.1 Å². The van der Waals surface area contributed by atoms with E-state index in [0.29, 0.717) is 0 Å². The maximum atomic E-state index is 13.6. The van der Waals surface area contributed by atoms with Crippen molar-refractivity contribution in [1.29, 1.82) is 0 Å². The molecule has 0 amide bonds. The van der Waals surface area contributed by atoms with Gasteiger partial charge in [-0.2, -0.15) is 17.5 Å². The molecule has 0 radical (unpaired) electrons. The molecule has 9 heteroatoms. The van der Waals surface area contributed by atoms with Gasteiger partial charge in [-0.3, -0.25) is 0 Å². The molecule has 0 bridgehead atoms. The molecule has 1 aromatic carbocycles. The van der Waals surface area contributed by atoms with E-state index in [1.54, 1.807) is 0 Å². The van der Waals surface area contributed by atoms with Crippen LogP contribution in [0.25, 0.3) is 0 Å². The first-order valence-electron chi connectivity index (χ1n) is 6.63. The fourth-order valence-electron chi connectivity index (χ4n) is 2.49. The highest BCUT2D eigenvalue weighted by molar-refractivity contribution is 7.89. The van der Waals surface area contributed by atoms with E-state index in [9.17, 15) is 31.1 Å². The van der Waals surface area contributed by atoms with E-state index in [1.807, 2.05) is 0 Å². The maximum Gasteiger partial charge on any atom is 0.414 e. The molecule has 4 nitrogen and oxygen atoms in total. The van der Waals surface area contributed by atoms with E-state index < -0.39 is 38.9 Å². The van der Waals surface area contributed by atoms with Crippen molar-refractivity contribution in [3.8, 4) is 0 Å². The predicted octanol–water partition coefficient (Wildman–Crippen LogP) is 2.15. The number of alkyl halides is 3. The molecule has 1 aliphatic rings. The first-order valence-corrected chi connectivity index (χ1v) is 8.07. The number of nitrogens with zero attached hydrogens (tertiary/aromatic N) is 1. The lowest BCUT2D eigenvalue weighted by Gasteiger charge is -2.34. The normalized spacial score (nSPS) is 20.0. The van der Waals surface area contributed by atoms with Crippen LogP contribution in [-0.4, -0.2) is 43.2 Å². The van der Waals surface area contributed by atoms with Crippen LogP contribution in [0.15, 0.2) is 29.2 Å². The minimum atomic E-state index is -4.72. The molecule has 22 heavy (non-hydrogen) atoms. The summed E-state index contributed by atoms with van der Waals surface area (Å²) in [4.78, 5) is -0.496. The van der Waals surface area contributed by atoms with Gasteiger partial charge in [0.15, 0.2) is 6.10 Å². The van der Waals surface area contributed by atoms with Gasteiger partial charge in [-0.15, -0.1) is 0 Å². The van der Waals surface area contributed by atoms with Crippen LogP contribution in [-0.2, 0) is 10.0 Å². The SMILES string of the molecule is O=S(=O)(c1ccccc1F)N1CCC(C(O)C(F)(F)F)CC1. The van der Waals surface area contributed by atoms with E-state index in [-0.39, 0.29) is 25.9 Å². The summed E-state index contributed by atoms with van der Waals surface area (Å²) in [7, 11) is -4.08. The van der Waals surface area contributed by atoms with Crippen LogP contribution < -0.4 is 0 Å². The Kier molecular flexibility index (Phi) is 4.78. The quantitative estimate of drug-likeness (QED) is 0.857. The first-order chi connectivity index (χ1) is 10.1. The summed E-state index contributed by atoms with van der Waals surface area (Å²) in [6.45, 7) is -0.372. The standard InChI is InChI=1S/C13H15F4NO3S/c14-10-3-1-2-4-11(10)22(20,21)18-7-5-9(6-8-18)12(19)13(15,16)17/h1-4,9,12,19H,5-8H2. The molecular weight excluding hydrogens is 326 g/mol. The van der Waals surface area contributed by atoms with Gasteiger partial charge in [0.2, 0.25) is 10.0 Å². The molecule has 1 saturated heterocycles. The van der Waals surface area contributed by atoms with Crippen molar-refractivity contribution in [3.63, 3.8) is 0 Å². The van der Waals surface area contributed by atoms with Gasteiger partial charge in [-0.25, -0.2) is 12.8 Å². The molecule has 2 rings (SSSR count). The smallest absolute Gasteiger partial charge is 0.383 e. The van der Waals surface area contributed by atoms with Crippen LogP contribution in [0.2, 0.25) is 0 Å². The van der Waals surface area contributed by atoms with Gasteiger partial charge in [0.1, 0.15) is 10.7 Å². The lowest BCUT2D eigenvalue weighted by Crippen LogP contribution is -2.45. The van der Waals surface area contributed by atoms with Gasteiger partial charge in [0, 0.05) is 13.1 Å². The lowest BCUT2D eigenvalue weighted by atomic mass is 9.92. The Bertz CT molecular complexity index is 624. The molecular formula is C13H15F4NO3S. The topological polar surface area (TPSA) is 57.6 Å². The fraction of sp³-hybridized carbons (Fsp3) is 0.538. The number of benzene rings is 1. The van der Waals surface area contributed by atoms with Crippen molar-refractivity contribution in [2.45, 2.75) is 30.0 Å². The third-order valence-electron chi connectivity index (χ3n) is 3.73. The van der Waals surface area contributed by atoms with E-state index in [4.69, 9.17) is 0 Å². The molecule has 1 aliphatic heterocycles. The highest BCUT2D eigenvalue weighted by atomic mass is 32.2. The van der Waals surface area contributed by atoms with Crippen LogP contribution in [0.1, 0.15) is 12.8 Å². The predicted molar refractivity (Wildman–Crippen MR) is 69.9 cm³/mol. The van der Waals surface area contributed by atoms with Crippen LogP contribution in [0.3, 0.4) is 0 Å². The van der Waals surface area contributed by atoms with Crippen LogP contribution >= 0.6 is 0 Å². The summed E-state index contributed by atoms with van der Waals surface area (Å²) in [6, 6.07) is 4.84. The lowest BCUT2D eigenvalue weighted by molar-refractivity contribution is -0.222. The Morgan fingerprint density at radius 3 is 2.23 bits per heavy atom. The maximum absolute atomic E-state index is 13.6. The largest absolute Gasteiger partial charge is 0.414 e. The summed E-state index contributed by atoms with van der Waals surface area (Å²) in [6.07, 6.45) is -7.45. The molecule has 1 heterocycles. The Balaban J connectivity index is 2.10. The number of halogens is 4. The van der Waals surface area contributed by atoms with E-state index in [2.05, 4.69) is 0 Å². The second kappa shape index (κ2) is 6.13. The van der Waals surface area contributed by atoms with Crippen molar-refractivity contribution in [2.24, 2.45) is 5.92 Å². The molecule has 1 atom stereocenters. The Hall–Kier alpha value is -1.19. The van der Waals surface area contributed by atoms with Gasteiger partial charge >= 0.3 is 6.18 Å². The Labute approximate surface area is 125 Å². The van der Waals surface area contributed by atoms with Crippen molar-refractivity contribution < 1.29 is 31.1 Å². The summed E-state index contributed by atoms with van der Waals surface area (Å²) in [5.74, 6) is -1.95. The van der Waals surface area contributed by atoms with Gasteiger partial charge < -0.3 is 5.11 Å². The van der Waals surface area contributed by atoms with Crippen molar-refractivity contribution in [1.82, 2.24) is 4.31 Å². The molecule has 1 unspecified atom stereocenters. The molecule has 1 N–H and O–H groups in total. The average molecular weight is 341 g/mol. The summed E-state index contributed by atoms with van der Waals surface area (Å²) in [5, 5.41) is 9.21. The van der Waals surface area contributed by atoms with Crippen LogP contribution in [0, 0.1) is 11.7 Å². The zero-order valence-corrected chi connectivity index (χ0v) is 12.2. The number of sulfonamides is 1. The number of hydrogen-bond acceptors (Lipinski definition) is 3. The Morgan fingerprint density at radius 1 is 1.18 bits per heavy atom. The molecule has 0 aliphatic carbocycles. The zero-order chi connectivity index (χ0) is 16.5. The molecule has 0 spiro atoms. The van der Waals surface area contributed by atoms with Crippen molar-refractivity contribution in [2.75, 3.05) is 13.1 Å². The van der Waals surface area contributed by atoms with Gasteiger partial charge in [-0.1, -0.05) is 12.1 Å². The molecule has 1 fully saturated rings.